The molecule has 2 aliphatic rings. The number of pyridine rings is 1. The highest BCUT2D eigenvalue weighted by atomic mass is 16.5. The monoisotopic (exact) mass is 357 g/mol. The minimum Gasteiger partial charge on any atom is -0.376 e. The molecule has 2 aliphatic carbocycles. The van der Waals surface area contributed by atoms with E-state index in [1.165, 1.54) is 19.3 Å². The molecule has 0 saturated heterocycles. The summed E-state index contributed by atoms with van der Waals surface area (Å²) < 4.78 is 11.3. The third-order valence-electron chi connectivity index (χ3n) is 5.63. The molecule has 0 aliphatic heterocycles. The Hall–Kier alpha value is -1.95. The van der Waals surface area contributed by atoms with Crippen molar-refractivity contribution in [3.63, 3.8) is 0 Å². The number of carbonyl (C=O) groups is 1. The molecule has 0 bridgehead atoms. The van der Waals surface area contributed by atoms with E-state index in [4.69, 9.17) is 9.26 Å². The second-order valence-corrected chi connectivity index (χ2v) is 7.74. The second-order valence-electron chi connectivity index (χ2n) is 7.74. The number of aromatic nitrogens is 2. The van der Waals surface area contributed by atoms with Crippen LogP contribution in [0.1, 0.15) is 73.1 Å². The van der Waals surface area contributed by atoms with E-state index in [1.807, 2.05) is 13.0 Å². The maximum Gasteiger partial charge on any atom is 0.259 e. The van der Waals surface area contributed by atoms with Crippen LogP contribution in [-0.4, -0.2) is 35.3 Å². The van der Waals surface area contributed by atoms with Crippen LogP contribution in [0.15, 0.2) is 10.6 Å². The minimum absolute atomic E-state index is 0.106. The van der Waals surface area contributed by atoms with Crippen molar-refractivity contribution in [1.29, 1.82) is 0 Å². The van der Waals surface area contributed by atoms with Crippen LogP contribution in [-0.2, 0) is 4.74 Å². The average molecular weight is 357 g/mol. The Bertz CT molecular complexity index is 797. The second kappa shape index (κ2) is 7.35. The lowest BCUT2D eigenvalue weighted by atomic mass is 9.88. The van der Waals surface area contributed by atoms with E-state index in [9.17, 15) is 4.79 Å². The molecule has 0 spiro atoms. The Labute approximate surface area is 153 Å². The summed E-state index contributed by atoms with van der Waals surface area (Å²) in [5.41, 5.74) is 2.71. The van der Waals surface area contributed by atoms with Crippen molar-refractivity contribution in [3.8, 4) is 0 Å². The smallest absolute Gasteiger partial charge is 0.259 e. The summed E-state index contributed by atoms with van der Waals surface area (Å²) in [5, 5.41) is 7.69. The summed E-state index contributed by atoms with van der Waals surface area (Å²) in [6, 6.07) is 1.91. The summed E-state index contributed by atoms with van der Waals surface area (Å²) in [6.07, 6.45) is 7.49. The molecule has 0 aromatic carbocycles. The van der Waals surface area contributed by atoms with Gasteiger partial charge in [0.2, 0.25) is 0 Å². The molecule has 2 fully saturated rings. The topological polar surface area (TPSA) is 77.2 Å². The lowest BCUT2D eigenvalue weighted by Gasteiger charge is -2.28. The van der Waals surface area contributed by atoms with Crippen molar-refractivity contribution in [2.45, 2.75) is 64.4 Å². The first-order valence-electron chi connectivity index (χ1n) is 9.80. The summed E-state index contributed by atoms with van der Waals surface area (Å²) in [7, 11) is 0. The van der Waals surface area contributed by atoms with Gasteiger partial charge >= 0.3 is 0 Å². The molecule has 2 saturated carbocycles. The van der Waals surface area contributed by atoms with Crippen LogP contribution in [0, 0.1) is 12.8 Å². The fourth-order valence-corrected chi connectivity index (χ4v) is 3.88. The number of nitrogens with one attached hydrogen (secondary N) is 1. The molecular formula is C20H27N3O3. The van der Waals surface area contributed by atoms with Gasteiger partial charge in [0.25, 0.3) is 11.6 Å². The molecule has 2 heterocycles. The summed E-state index contributed by atoms with van der Waals surface area (Å²) >= 11 is 0. The van der Waals surface area contributed by atoms with Crippen LogP contribution in [0.2, 0.25) is 0 Å². The number of rotatable bonds is 6. The molecule has 2 atom stereocenters. The Morgan fingerprint density at radius 1 is 1.31 bits per heavy atom. The Morgan fingerprint density at radius 3 is 2.88 bits per heavy atom. The first-order chi connectivity index (χ1) is 12.6. The van der Waals surface area contributed by atoms with Gasteiger partial charge in [0.15, 0.2) is 0 Å². The fourth-order valence-electron chi connectivity index (χ4n) is 3.88. The number of hydrogen-bond donors (Lipinski definition) is 1. The summed E-state index contributed by atoms with van der Waals surface area (Å²) in [5.74, 6) is 0.957. The lowest BCUT2D eigenvalue weighted by molar-refractivity contribution is -0.00293. The molecule has 26 heavy (non-hydrogen) atoms. The Morgan fingerprint density at radius 2 is 2.12 bits per heavy atom. The third-order valence-corrected chi connectivity index (χ3v) is 5.63. The van der Waals surface area contributed by atoms with Crippen molar-refractivity contribution in [3.05, 3.63) is 23.0 Å². The highest BCUT2D eigenvalue weighted by Crippen LogP contribution is 2.40. The maximum atomic E-state index is 12.8. The number of hydrogen-bond acceptors (Lipinski definition) is 5. The molecule has 4 rings (SSSR count). The number of nitrogens with zero attached hydrogens (tertiary/aromatic N) is 2. The van der Waals surface area contributed by atoms with Crippen LogP contribution < -0.4 is 5.32 Å². The van der Waals surface area contributed by atoms with Gasteiger partial charge in [-0.3, -0.25) is 4.79 Å². The quantitative estimate of drug-likeness (QED) is 0.797. The van der Waals surface area contributed by atoms with E-state index in [1.54, 1.807) is 0 Å². The first-order valence-corrected chi connectivity index (χ1v) is 9.80. The van der Waals surface area contributed by atoms with Crippen LogP contribution in [0.3, 0.4) is 0 Å². The number of amides is 1. The first kappa shape index (κ1) is 17.5. The van der Waals surface area contributed by atoms with Crippen molar-refractivity contribution in [2.75, 3.05) is 13.2 Å². The molecule has 2 unspecified atom stereocenters. The standard InChI is InChI=1S/C20H27N3O3/c1-12-5-3-4-6-17(12)25-10-9-21-19(24)15-11-16(14-7-8-14)22-20-18(15)13(2)23-26-20/h11-12,14,17H,3-10H2,1-2H3,(H,21,24). The van der Waals surface area contributed by atoms with Crippen LogP contribution >= 0.6 is 0 Å². The van der Waals surface area contributed by atoms with Gasteiger partial charge in [-0.15, -0.1) is 0 Å². The van der Waals surface area contributed by atoms with Gasteiger partial charge in [-0.05, 0) is 44.6 Å². The molecule has 1 amide bonds. The zero-order valence-electron chi connectivity index (χ0n) is 15.6. The van der Waals surface area contributed by atoms with E-state index in [2.05, 4.69) is 22.4 Å². The number of aryl methyl sites for hydroxylation is 1. The Balaban J connectivity index is 1.40. The molecule has 2 aromatic rings. The maximum absolute atomic E-state index is 12.8. The zero-order chi connectivity index (χ0) is 18.1. The molecule has 140 valence electrons. The number of fused-ring (bicyclic) bond motifs is 1. The predicted molar refractivity (Wildman–Crippen MR) is 98.2 cm³/mol. The Kier molecular flexibility index (Phi) is 4.94. The minimum atomic E-state index is -0.106. The van der Waals surface area contributed by atoms with Crippen molar-refractivity contribution >= 4 is 17.0 Å². The molecular weight excluding hydrogens is 330 g/mol. The van der Waals surface area contributed by atoms with Crippen LogP contribution in [0.5, 0.6) is 0 Å². The van der Waals surface area contributed by atoms with Gasteiger partial charge in [-0.1, -0.05) is 24.9 Å². The predicted octanol–water partition coefficient (Wildman–Crippen LogP) is 3.73. The van der Waals surface area contributed by atoms with Crippen molar-refractivity contribution in [1.82, 2.24) is 15.5 Å². The largest absolute Gasteiger partial charge is 0.376 e. The molecule has 6 heteroatoms. The average Bonchev–Trinajstić information content (AvgIpc) is 3.43. The highest BCUT2D eigenvalue weighted by Gasteiger charge is 2.28. The number of carbonyl (C=O) groups excluding carboxylic acids is 1. The normalized spacial score (nSPS) is 23.3. The van der Waals surface area contributed by atoms with E-state index < -0.39 is 0 Å². The molecule has 2 aromatic heterocycles. The summed E-state index contributed by atoms with van der Waals surface area (Å²) in [4.78, 5) is 17.3. The van der Waals surface area contributed by atoms with E-state index in [0.29, 0.717) is 53.4 Å². The molecule has 6 nitrogen and oxygen atoms in total. The summed E-state index contributed by atoms with van der Waals surface area (Å²) in [6.45, 7) is 5.15. The van der Waals surface area contributed by atoms with Gasteiger partial charge in [-0.2, -0.15) is 0 Å². The van der Waals surface area contributed by atoms with Gasteiger partial charge in [-0.25, -0.2) is 4.98 Å². The van der Waals surface area contributed by atoms with Crippen molar-refractivity contribution in [2.24, 2.45) is 5.92 Å². The zero-order valence-corrected chi connectivity index (χ0v) is 15.6. The van der Waals surface area contributed by atoms with Gasteiger partial charge in [0.1, 0.15) is 0 Å². The lowest BCUT2D eigenvalue weighted by Crippen LogP contribution is -2.32. The van der Waals surface area contributed by atoms with Crippen LogP contribution in [0.4, 0.5) is 0 Å². The molecule has 0 radical (unpaired) electrons. The highest BCUT2D eigenvalue weighted by molar-refractivity contribution is 6.06. The fraction of sp³-hybridized carbons (Fsp3) is 0.650. The molecule has 1 N–H and O–H groups in total. The van der Waals surface area contributed by atoms with Gasteiger partial charge < -0.3 is 14.6 Å². The van der Waals surface area contributed by atoms with Gasteiger partial charge in [0, 0.05) is 18.2 Å². The van der Waals surface area contributed by atoms with E-state index in [-0.39, 0.29) is 5.91 Å². The SMILES string of the molecule is Cc1noc2nc(C3CC3)cc(C(=O)NCCOC3CCCCC3C)c12. The van der Waals surface area contributed by atoms with E-state index in [0.717, 1.165) is 25.0 Å². The van der Waals surface area contributed by atoms with E-state index >= 15 is 0 Å². The number of ether oxygens (including phenoxy) is 1. The van der Waals surface area contributed by atoms with Crippen LogP contribution in [0.25, 0.3) is 11.1 Å². The third kappa shape index (κ3) is 3.61. The van der Waals surface area contributed by atoms with Crippen molar-refractivity contribution < 1.29 is 14.1 Å². The van der Waals surface area contributed by atoms with Gasteiger partial charge in [0.05, 0.1) is 29.4 Å².